The van der Waals surface area contributed by atoms with Crippen molar-refractivity contribution in [2.75, 3.05) is 6.54 Å². The molecule has 1 aliphatic rings. The Hall–Kier alpha value is -1.20. The summed E-state index contributed by atoms with van der Waals surface area (Å²) in [6.45, 7) is 0.724. The highest BCUT2D eigenvalue weighted by atomic mass is 79.9. The van der Waals surface area contributed by atoms with E-state index >= 15 is 0 Å². The fourth-order valence-electron chi connectivity index (χ4n) is 2.57. The number of rotatable bonds is 3. The molecule has 1 aromatic heterocycles. The lowest BCUT2D eigenvalue weighted by Crippen LogP contribution is -2.41. The summed E-state index contributed by atoms with van der Waals surface area (Å²) in [6.07, 6.45) is 6.90. The van der Waals surface area contributed by atoms with E-state index in [4.69, 9.17) is 5.73 Å². The van der Waals surface area contributed by atoms with Crippen LogP contribution in [-0.2, 0) is 5.41 Å². The molecule has 0 spiro atoms. The molecule has 2 N–H and O–H groups in total. The van der Waals surface area contributed by atoms with Gasteiger partial charge in [-0.25, -0.2) is 9.67 Å². The molecule has 0 unspecified atom stereocenters. The van der Waals surface area contributed by atoms with Gasteiger partial charge in [-0.1, -0.05) is 12.5 Å². The molecule has 0 bridgehead atoms. The van der Waals surface area contributed by atoms with Crippen LogP contribution in [-0.4, -0.2) is 21.3 Å². The summed E-state index contributed by atoms with van der Waals surface area (Å²) in [7, 11) is 0. The van der Waals surface area contributed by atoms with Crippen LogP contribution in [0.1, 0.15) is 24.8 Å². The zero-order valence-corrected chi connectivity index (χ0v) is 11.6. The first-order valence-corrected chi connectivity index (χ1v) is 6.90. The van der Waals surface area contributed by atoms with E-state index in [0.29, 0.717) is 0 Å². The predicted molar refractivity (Wildman–Crippen MR) is 73.6 cm³/mol. The number of benzene rings is 1. The summed E-state index contributed by atoms with van der Waals surface area (Å²) in [4.78, 5) is 3.97. The molecule has 3 rings (SSSR count). The monoisotopic (exact) mass is 306 g/mol. The predicted octanol–water partition coefficient (Wildman–Crippen LogP) is 2.41. The number of hydrogen-bond acceptors (Lipinski definition) is 3. The Kier molecular flexibility index (Phi) is 2.95. The Balaban J connectivity index is 1.99. The van der Waals surface area contributed by atoms with Crippen molar-refractivity contribution in [3.05, 3.63) is 40.9 Å². The van der Waals surface area contributed by atoms with Gasteiger partial charge in [-0.05, 0) is 46.5 Å². The van der Waals surface area contributed by atoms with Crippen LogP contribution < -0.4 is 5.73 Å². The zero-order valence-electron chi connectivity index (χ0n) is 10.0. The Morgan fingerprint density at radius 1 is 1.39 bits per heavy atom. The van der Waals surface area contributed by atoms with E-state index in [9.17, 15) is 0 Å². The van der Waals surface area contributed by atoms with Crippen LogP contribution in [0.5, 0.6) is 0 Å². The van der Waals surface area contributed by atoms with Crippen molar-refractivity contribution in [3.8, 4) is 5.69 Å². The molecule has 94 valence electrons. The molecule has 0 radical (unpaired) electrons. The smallest absolute Gasteiger partial charge is 0.138 e. The van der Waals surface area contributed by atoms with E-state index in [1.165, 1.54) is 31.2 Å². The highest BCUT2D eigenvalue weighted by Gasteiger charge is 2.37. The zero-order chi connectivity index (χ0) is 12.6. The molecular weight excluding hydrogens is 292 g/mol. The number of nitrogens with two attached hydrogens (primary N) is 1. The third-order valence-electron chi connectivity index (χ3n) is 3.93. The van der Waals surface area contributed by atoms with Crippen molar-refractivity contribution in [1.29, 1.82) is 0 Å². The molecule has 0 amide bonds. The van der Waals surface area contributed by atoms with E-state index in [1.807, 2.05) is 0 Å². The molecule has 1 saturated carbocycles. The first-order chi connectivity index (χ1) is 8.75. The van der Waals surface area contributed by atoms with E-state index in [2.05, 4.69) is 44.2 Å². The molecule has 1 fully saturated rings. The van der Waals surface area contributed by atoms with Gasteiger partial charge in [0.1, 0.15) is 12.7 Å². The van der Waals surface area contributed by atoms with Gasteiger partial charge < -0.3 is 5.73 Å². The summed E-state index contributed by atoms with van der Waals surface area (Å²) in [5, 5.41) is 4.14. The Bertz CT molecular complexity index is 541. The summed E-state index contributed by atoms with van der Waals surface area (Å²) < 4.78 is 2.79. The Morgan fingerprint density at radius 2 is 2.22 bits per heavy atom. The Labute approximate surface area is 114 Å². The van der Waals surface area contributed by atoms with Gasteiger partial charge in [0, 0.05) is 16.4 Å². The minimum atomic E-state index is 0.198. The van der Waals surface area contributed by atoms with Crippen LogP contribution in [0.15, 0.2) is 35.3 Å². The average Bonchev–Trinajstić information content (AvgIpc) is 2.82. The molecule has 1 aromatic carbocycles. The lowest BCUT2D eigenvalue weighted by atomic mass is 9.64. The first kappa shape index (κ1) is 11.9. The second-order valence-electron chi connectivity index (χ2n) is 4.84. The van der Waals surface area contributed by atoms with Gasteiger partial charge in [-0.15, -0.1) is 0 Å². The van der Waals surface area contributed by atoms with Gasteiger partial charge in [-0.3, -0.25) is 0 Å². The molecule has 0 aliphatic heterocycles. The molecular formula is C13H15BrN4. The number of halogens is 1. The SMILES string of the molecule is NCC1(c2ccc(-n3cncn3)c(Br)c2)CCC1. The standard InChI is InChI=1S/C13H15BrN4/c14-11-6-10(13(7-15)4-1-5-13)2-3-12(11)18-9-16-8-17-18/h2-3,6,8-9H,1,4-5,7,15H2. The largest absolute Gasteiger partial charge is 0.330 e. The fourth-order valence-corrected chi connectivity index (χ4v) is 3.13. The van der Waals surface area contributed by atoms with E-state index in [0.717, 1.165) is 16.7 Å². The molecule has 18 heavy (non-hydrogen) atoms. The highest BCUT2D eigenvalue weighted by Crippen LogP contribution is 2.43. The normalized spacial score (nSPS) is 17.4. The number of aromatic nitrogens is 3. The summed E-state index contributed by atoms with van der Waals surface area (Å²) in [5.41, 5.74) is 8.47. The van der Waals surface area contributed by atoms with E-state index in [1.54, 1.807) is 11.0 Å². The van der Waals surface area contributed by atoms with E-state index < -0.39 is 0 Å². The summed E-state index contributed by atoms with van der Waals surface area (Å²) in [6, 6.07) is 6.40. The third-order valence-corrected chi connectivity index (χ3v) is 4.56. The van der Waals surface area contributed by atoms with Crippen LogP contribution in [0.3, 0.4) is 0 Å². The second kappa shape index (κ2) is 4.48. The van der Waals surface area contributed by atoms with Crippen molar-refractivity contribution in [2.45, 2.75) is 24.7 Å². The topological polar surface area (TPSA) is 56.7 Å². The van der Waals surface area contributed by atoms with Crippen molar-refractivity contribution >= 4 is 15.9 Å². The van der Waals surface area contributed by atoms with Crippen molar-refractivity contribution in [1.82, 2.24) is 14.8 Å². The molecule has 0 atom stereocenters. The molecule has 4 nitrogen and oxygen atoms in total. The van der Waals surface area contributed by atoms with Gasteiger partial charge in [-0.2, -0.15) is 5.10 Å². The maximum absolute atomic E-state index is 5.94. The van der Waals surface area contributed by atoms with Crippen molar-refractivity contribution in [2.24, 2.45) is 5.73 Å². The average molecular weight is 307 g/mol. The third kappa shape index (κ3) is 1.78. The molecule has 5 heteroatoms. The van der Waals surface area contributed by atoms with E-state index in [-0.39, 0.29) is 5.41 Å². The minimum Gasteiger partial charge on any atom is -0.330 e. The van der Waals surface area contributed by atoms with Crippen molar-refractivity contribution in [3.63, 3.8) is 0 Å². The van der Waals surface area contributed by atoms with Crippen LogP contribution >= 0.6 is 15.9 Å². The fraction of sp³-hybridized carbons (Fsp3) is 0.385. The minimum absolute atomic E-state index is 0.198. The van der Waals surface area contributed by atoms with Crippen LogP contribution in [0, 0.1) is 0 Å². The van der Waals surface area contributed by atoms with Crippen LogP contribution in [0.25, 0.3) is 5.69 Å². The molecule has 1 aliphatic carbocycles. The number of nitrogens with zero attached hydrogens (tertiary/aromatic N) is 3. The van der Waals surface area contributed by atoms with Crippen molar-refractivity contribution < 1.29 is 0 Å². The summed E-state index contributed by atoms with van der Waals surface area (Å²) >= 11 is 3.61. The van der Waals surface area contributed by atoms with Crippen LogP contribution in [0.2, 0.25) is 0 Å². The molecule has 1 heterocycles. The highest BCUT2D eigenvalue weighted by molar-refractivity contribution is 9.10. The lowest BCUT2D eigenvalue weighted by Gasteiger charge is -2.41. The quantitative estimate of drug-likeness (QED) is 0.947. The van der Waals surface area contributed by atoms with Gasteiger partial charge >= 0.3 is 0 Å². The maximum atomic E-state index is 5.94. The molecule has 0 saturated heterocycles. The Morgan fingerprint density at radius 3 is 2.72 bits per heavy atom. The second-order valence-corrected chi connectivity index (χ2v) is 5.70. The number of hydrogen-bond donors (Lipinski definition) is 1. The van der Waals surface area contributed by atoms with Gasteiger partial charge in [0.25, 0.3) is 0 Å². The lowest BCUT2D eigenvalue weighted by molar-refractivity contribution is 0.253. The van der Waals surface area contributed by atoms with Gasteiger partial charge in [0.15, 0.2) is 0 Å². The van der Waals surface area contributed by atoms with Gasteiger partial charge in [0.2, 0.25) is 0 Å². The maximum Gasteiger partial charge on any atom is 0.138 e. The first-order valence-electron chi connectivity index (χ1n) is 6.10. The van der Waals surface area contributed by atoms with Crippen LogP contribution in [0.4, 0.5) is 0 Å². The summed E-state index contributed by atoms with van der Waals surface area (Å²) in [5.74, 6) is 0. The molecule has 2 aromatic rings. The van der Waals surface area contributed by atoms with Gasteiger partial charge in [0.05, 0.1) is 5.69 Å².